The van der Waals surface area contributed by atoms with Gasteiger partial charge in [0.25, 0.3) is 0 Å². The van der Waals surface area contributed by atoms with Crippen molar-refractivity contribution in [2.45, 2.75) is 50.7 Å². The number of carbonyl (C=O) groups is 1. The van der Waals surface area contributed by atoms with Crippen LogP contribution >= 0.6 is 0 Å². The smallest absolute Gasteiger partial charge is 0.355 e. The first kappa shape index (κ1) is 17.0. The van der Waals surface area contributed by atoms with Gasteiger partial charge in [0, 0.05) is 12.6 Å². The molecule has 0 spiro atoms. The van der Waals surface area contributed by atoms with E-state index in [1.807, 2.05) is 0 Å². The molecule has 1 fully saturated rings. The quantitative estimate of drug-likeness (QED) is 0.281. The fraction of sp³-hybridized carbons (Fsp3) is 0.818. The van der Waals surface area contributed by atoms with Crippen molar-refractivity contribution >= 4 is 5.91 Å². The summed E-state index contributed by atoms with van der Waals surface area (Å²) in [5.41, 5.74) is 5.43. The van der Waals surface area contributed by atoms with Crippen LogP contribution in [0.15, 0.2) is 0 Å². The zero-order valence-electron chi connectivity index (χ0n) is 10.5. The van der Waals surface area contributed by atoms with Crippen molar-refractivity contribution in [2.24, 2.45) is 5.73 Å². The van der Waals surface area contributed by atoms with E-state index in [1.54, 1.807) is 6.92 Å². The van der Waals surface area contributed by atoms with Gasteiger partial charge < -0.3 is 23.3 Å². The summed E-state index contributed by atoms with van der Waals surface area (Å²) in [4.78, 5) is 11.1. The molecule has 1 rings (SSSR count). The van der Waals surface area contributed by atoms with Gasteiger partial charge in [-0.2, -0.15) is 0 Å². The van der Waals surface area contributed by atoms with Crippen LogP contribution in [0.3, 0.4) is 0 Å². The van der Waals surface area contributed by atoms with Crippen LogP contribution in [0.4, 0.5) is 0 Å². The summed E-state index contributed by atoms with van der Waals surface area (Å²) in [6.07, 6.45) is 4.47. The van der Waals surface area contributed by atoms with Crippen LogP contribution in [0.2, 0.25) is 0 Å². The molecule has 0 bridgehead atoms. The SMILES string of the molecule is [CH2-]C1CCC(CCCNC(=O)C(C)N)N1.[K+]. The van der Waals surface area contributed by atoms with E-state index in [2.05, 4.69) is 17.6 Å². The van der Waals surface area contributed by atoms with Crippen LogP contribution in [-0.4, -0.2) is 30.6 Å². The van der Waals surface area contributed by atoms with Crippen molar-refractivity contribution in [3.8, 4) is 0 Å². The zero-order valence-corrected chi connectivity index (χ0v) is 13.6. The first-order chi connectivity index (χ1) is 7.09. The molecule has 1 saturated heterocycles. The Kier molecular flexibility index (Phi) is 9.60. The molecule has 0 radical (unpaired) electrons. The third kappa shape index (κ3) is 6.69. The van der Waals surface area contributed by atoms with Crippen molar-refractivity contribution < 1.29 is 56.2 Å². The first-order valence-electron chi connectivity index (χ1n) is 5.72. The van der Waals surface area contributed by atoms with Crippen molar-refractivity contribution in [2.75, 3.05) is 6.54 Å². The summed E-state index contributed by atoms with van der Waals surface area (Å²) in [5, 5.41) is 6.23. The Hall–Kier alpha value is 1.03. The summed E-state index contributed by atoms with van der Waals surface area (Å²) < 4.78 is 0. The molecule has 88 valence electrons. The topological polar surface area (TPSA) is 67.2 Å². The molecule has 1 heterocycles. The monoisotopic (exact) mass is 251 g/mol. The van der Waals surface area contributed by atoms with Gasteiger partial charge in [-0.05, 0) is 26.2 Å². The van der Waals surface area contributed by atoms with Gasteiger partial charge in [0.1, 0.15) is 0 Å². The second kappa shape index (κ2) is 9.02. The molecular formula is C11H22KN3O. The van der Waals surface area contributed by atoms with Gasteiger partial charge in [-0.25, -0.2) is 0 Å². The van der Waals surface area contributed by atoms with E-state index in [4.69, 9.17) is 5.73 Å². The van der Waals surface area contributed by atoms with Crippen molar-refractivity contribution in [1.82, 2.24) is 10.6 Å². The number of hydrogen-bond acceptors (Lipinski definition) is 3. The summed E-state index contributed by atoms with van der Waals surface area (Å²) in [6.45, 7) is 6.39. The Bertz CT molecular complexity index is 211. The van der Waals surface area contributed by atoms with Gasteiger partial charge in [0.2, 0.25) is 5.91 Å². The minimum atomic E-state index is -0.404. The fourth-order valence-electron chi connectivity index (χ4n) is 1.85. The van der Waals surface area contributed by atoms with Gasteiger partial charge in [0.05, 0.1) is 6.04 Å². The predicted octanol–water partition coefficient (Wildman–Crippen LogP) is -2.81. The fourth-order valence-corrected chi connectivity index (χ4v) is 1.85. The summed E-state index contributed by atoms with van der Waals surface area (Å²) in [7, 11) is 0. The molecule has 0 aromatic rings. The number of hydrogen-bond donors (Lipinski definition) is 3. The van der Waals surface area contributed by atoms with Crippen LogP contribution in [0.5, 0.6) is 0 Å². The largest absolute Gasteiger partial charge is 1.00 e. The van der Waals surface area contributed by atoms with Gasteiger partial charge >= 0.3 is 51.4 Å². The van der Waals surface area contributed by atoms with E-state index in [1.165, 1.54) is 6.42 Å². The molecule has 1 amide bonds. The van der Waals surface area contributed by atoms with E-state index < -0.39 is 6.04 Å². The van der Waals surface area contributed by atoms with Gasteiger partial charge in [-0.1, -0.05) is 6.42 Å². The second-order valence-corrected chi connectivity index (χ2v) is 4.36. The Balaban J connectivity index is 0.00000225. The molecular weight excluding hydrogens is 229 g/mol. The van der Waals surface area contributed by atoms with Crippen LogP contribution in [0.25, 0.3) is 0 Å². The molecule has 16 heavy (non-hydrogen) atoms. The zero-order chi connectivity index (χ0) is 11.3. The standard InChI is InChI=1S/C11H22N3O.K/c1-8-5-6-10(14-8)4-3-7-13-11(15)9(2)12;/h8-10,14H,1,3-7,12H2,2H3,(H,13,15);/q-1;+1. The molecule has 0 aromatic carbocycles. The van der Waals surface area contributed by atoms with Crippen molar-refractivity contribution in [1.29, 1.82) is 0 Å². The minimum Gasteiger partial charge on any atom is -0.355 e. The van der Waals surface area contributed by atoms with Crippen LogP contribution in [-0.2, 0) is 4.79 Å². The van der Waals surface area contributed by atoms with E-state index >= 15 is 0 Å². The molecule has 0 aromatic heterocycles. The van der Waals surface area contributed by atoms with E-state index in [0.717, 1.165) is 25.8 Å². The molecule has 5 heteroatoms. The molecule has 0 aliphatic carbocycles. The molecule has 1 aliphatic heterocycles. The summed E-state index contributed by atoms with van der Waals surface area (Å²) >= 11 is 0. The number of nitrogens with two attached hydrogens (primary N) is 1. The Morgan fingerprint density at radius 3 is 2.81 bits per heavy atom. The van der Waals surface area contributed by atoms with Gasteiger partial charge in [-0.3, -0.25) is 4.79 Å². The Morgan fingerprint density at radius 1 is 1.62 bits per heavy atom. The van der Waals surface area contributed by atoms with Gasteiger partial charge in [0.15, 0.2) is 0 Å². The number of rotatable bonds is 5. The van der Waals surface area contributed by atoms with E-state index in [9.17, 15) is 4.79 Å². The maximum absolute atomic E-state index is 11.1. The maximum Gasteiger partial charge on any atom is 1.00 e. The molecule has 4 nitrogen and oxygen atoms in total. The molecule has 1 aliphatic rings. The average Bonchev–Trinajstić information content (AvgIpc) is 2.58. The van der Waals surface area contributed by atoms with Crippen LogP contribution < -0.4 is 67.8 Å². The van der Waals surface area contributed by atoms with Crippen LogP contribution in [0.1, 0.15) is 32.6 Å². The summed E-state index contributed by atoms with van der Waals surface area (Å²) in [5.74, 6) is -0.0654. The molecule has 4 N–H and O–H groups in total. The average molecular weight is 251 g/mol. The normalized spacial score (nSPS) is 25.9. The van der Waals surface area contributed by atoms with E-state index in [0.29, 0.717) is 12.1 Å². The minimum absolute atomic E-state index is 0. The predicted molar refractivity (Wildman–Crippen MR) is 61.2 cm³/mol. The molecule has 3 unspecified atom stereocenters. The second-order valence-electron chi connectivity index (χ2n) is 4.36. The number of nitrogens with one attached hydrogen (secondary N) is 2. The van der Waals surface area contributed by atoms with Crippen LogP contribution in [0, 0.1) is 6.92 Å². The Labute approximate surface area is 141 Å². The number of carbonyl (C=O) groups excluding carboxylic acids is 1. The first-order valence-corrected chi connectivity index (χ1v) is 5.72. The third-order valence-electron chi connectivity index (χ3n) is 2.78. The van der Waals surface area contributed by atoms with Crippen molar-refractivity contribution in [3.63, 3.8) is 0 Å². The maximum atomic E-state index is 11.1. The molecule has 3 atom stereocenters. The van der Waals surface area contributed by atoms with Crippen molar-refractivity contribution in [3.05, 3.63) is 6.92 Å². The Morgan fingerprint density at radius 2 is 2.31 bits per heavy atom. The van der Waals surface area contributed by atoms with Gasteiger partial charge in [-0.15, -0.1) is 6.04 Å². The number of amides is 1. The third-order valence-corrected chi connectivity index (χ3v) is 2.78. The molecule has 0 saturated carbocycles. The van der Waals surface area contributed by atoms with E-state index in [-0.39, 0.29) is 57.3 Å². The summed E-state index contributed by atoms with van der Waals surface area (Å²) in [6, 6.07) is 0.590.